The maximum atomic E-state index is 6.33. The Bertz CT molecular complexity index is 378. The number of halogens is 2. The first-order valence-electron chi connectivity index (χ1n) is 6.18. The Morgan fingerprint density at radius 2 is 2.00 bits per heavy atom. The van der Waals surface area contributed by atoms with Gasteiger partial charge in [0.15, 0.2) is 0 Å². The fourth-order valence-electron chi connectivity index (χ4n) is 2.61. The molecule has 0 radical (unpaired) electrons. The Labute approximate surface area is 113 Å². The molecule has 0 aromatic heterocycles. The molecule has 0 heterocycles. The van der Waals surface area contributed by atoms with Gasteiger partial charge in [0.1, 0.15) is 5.75 Å². The van der Waals surface area contributed by atoms with E-state index >= 15 is 0 Å². The number of methoxy groups -OCH3 is 1. The zero-order valence-corrected chi connectivity index (χ0v) is 11.6. The van der Waals surface area contributed by atoms with E-state index < -0.39 is 0 Å². The predicted molar refractivity (Wildman–Crippen MR) is 73.5 cm³/mol. The van der Waals surface area contributed by atoms with Crippen LogP contribution in [-0.2, 0) is 0 Å². The van der Waals surface area contributed by atoms with Crippen molar-refractivity contribution in [3.63, 3.8) is 0 Å². The molecule has 94 valence electrons. The highest BCUT2D eigenvalue weighted by Crippen LogP contribution is 2.39. The van der Waals surface area contributed by atoms with Crippen LogP contribution in [0.1, 0.15) is 43.6 Å². The fraction of sp³-hybridized carbons (Fsp3) is 0.571. The molecule has 1 aromatic rings. The van der Waals surface area contributed by atoms with Crippen molar-refractivity contribution < 1.29 is 4.74 Å². The molecule has 17 heavy (non-hydrogen) atoms. The molecule has 0 aliphatic heterocycles. The van der Waals surface area contributed by atoms with Crippen LogP contribution in [0.2, 0.25) is 5.02 Å². The summed E-state index contributed by atoms with van der Waals surface area (Å²) in [6, 6.07) is 5.85. The SMILES string of the molecule is COc1ccc(Cl)cc1C1CCCCC(Cl)C1. The molecule has 0 bridgehead atoms. The van der Waals surface area contributed by atoms with E-state index in [1.165, 1.54) is 24.8 Å². The van der Waals surface area contributed by atoms with Crippen molar-refractivity contribution in [3.05, 3.63) is 28.8 Å². The van der Waals surface area contributed by atoms with Gasteiger partial charge in [0.25, 0.3) is 0 Å². The number of ether oxygens (including phenoxy) is 1. The van der Waals surface area contributed by atoms with Gasteiger partial charge in [-0.05, 0) is 48.9 Å². The monoisotopic (exact) mass is 272 g/mol. The van der Waals surface area contributed by atoms with Crippen molar-refractivity contribution in [1.29, 1.82) is 0 Å². The smallest absolute Gasteiger partial charge is 0.122 e. The lowest BCUT2D eigenvalue weighted by atomic mass is 9.91. The van der Waals surface area contributed by atoms with Crippen molar-refractivity contribution in [1.82, 2.24) is 0 Å². The van der Waals surface area contributed by atoms with Crippen LogP contribution in [-0.4, -0.2) is 12.5 Å². The average Bonchev–Trinajstić information content (AvgIpc) is 2.54. The highest BCUT2D eigenvalue weighted by Gasteiger charge is 2.22. The lowest BCUT2D eigenvalue weighted by Gasteiger charge is -2.19. The lowest BCUT2D eigenvalue weighted by molar-refractivity contribution is 0.402. The average molecular weight is 273 g/mol. The summed E-state index contributed by atoms with van der Waals surface area (Å²) >= 11 is 12.4. The van der Waals surface area contributed by atoms with E-state index in [1.807, 2.05) is 18.2 Å². The van der Waals surface area contributed by atoms with Crippen LogP contribution in [0.25, 0.3) is 0 Å². The van der Waals surface area contributed by atoms with Crippen LogP contribution < -0.4 is 4.74 Å². The zero-order chi connectivity index (χ0) is 12.3. The third-order valence-electron chi connectivity index (χ3n) is 3.49. The molecule has 1 saturated carbocycles. The molecule has 3 heteroatoms. The third kappa shape index (κ3) is 3.29. The molecule has 0 amide bonds. The first-order valence-corrected chi connectivity index (χ1v) is 6.99. The molecule has 2 atom stereocenters. The molecule has 2 unspecified atom stereocenters. The molecule has 0 N–H and O–H groups in total. The Kier molecular flexibility index (Phi) is 4.58. The third-order valence-corrected chi connectivity index (χ3v) is 4.12. The van der Waals surface area contributed by atoms with Crippen molar-refractivity contribution in [2.24, 2.45) is 0 Å². The van der Waals surface area contributed by atoms with E-state index in [0.29, 0.717) is 5.92 Å². The van der Waals surface area contributed by atoms with Gasteiger partial charge in [0.2, 0.25) is 0 Å². The normalized spacial score (nSPS) is 25.4. The van der Waals surface area contributed by atoms with Gasteiger partial charge < -0.3 is 4.74 Å². The number of hydrogen-bond acceptors (Lipinski definition) is 1. The van der Waals surface area contributed by atoms with E-state index in [4.69, 9.17) is 27.9 Å². The molecule has 1 nitrogen and oxygen atoms in total. The van der Waals surface area contributed by atoms with Crippen molar-refractivity contribution in [3.8, 4) is 5.75 Å². The summed E-state index contributed by atoms with van der Waals surface area (Å²) in [7, 11) is 1.71. The Morgan fingerprint density at radius 3 is 2.76 bits per heavy atom. The Hall–Kier alpha value is -0.400. The zero-order valence-electron chi connectivity index (χ0n) is 10.1. The summed E-state index contributed by atoms with van der Waals surface area (Å²) in [4.78, 5) is 0. The second-order valence-electron chi connectivity index (χ2n) is 4.70. The quantitative estimate of drug-likeness (QED) is 0.544. The van der Waals surface area contributed by atoms with Crippen LogP contribution in [0.15, 0.2) is 18.2 Å². The van der Waals surface area contributed by atoms with Crippen molar-refractivity contribution >= 4 is 23.2 Å². The highest BCUT2D eigenvalue weighted by atomic mass is 35.5. The number of alkyl halides is 1. The van der Waals surface area contributed by atoms with Gasteiger partial charge in [-0.3, -0.25) is 0 Å². The second kappa shape index (κ2) is 5.97. The molecule has 1 aliphatic carbocycles. The van der Waals surface area contributed by atoms with Crippen LogP contribution in [0.3, 0.4) is 0 Å². The molecule has 2 rings (SSSR count). The van der Waals surface area contributed by atoms with Gasteiger partial charge in [-0.1, -0.05) is 24.4 Å². The fourth-order valence-corrected chi connectivity index (χ4v) is 3.16. The summed E-state index contributed by atoms with van der Waals surface area (Å²) in [6.07, 6.45) is 5.80. The topological polar surface area (TPSA) is 9.23 Å². The van der Waals surface area contributed by atoms with Gasteiger partial charge in [-0.2, -0.15) is 0 Å². The Morgan fingerprint density at radius 1 is 1.24 bits per heavy atom. The van der Waals surface area contributed by atoms with Crippen molar-refractivity contribution in [2.75, 3.05) is 7.11 Å². The number of rotatable bonds is 2. The first kappa shape index (κ1) is 13.0. The molecule has 1 aliphatic rings. The minimum atomic E-state index is 0.284. The minimum absolute atomic E-state index is 0.284. The minimum Gasteiger partial charge on any atom is -0.496 e. The summed E-state index contributed by atoms with van der Waals surface area (Å²) in [5.74, 6) is 1.42. The summed E-state index contributed by atoms with van der Waals surface area (Å²) in [5.41, 5.74) is 1.22. The first-order chi connectivity index (χ1) is 8.20. The summed E-state index contributed by atoms with van der Waals surface area (Å²) < 4.78 is 5.43. The summed E-state index contributed by atoms with van der Waals surface area (Å²) in [5, 5.41) is 1.06. The van der Waals surface area contributed by atoms with Gasteiger partial charge in [-0.15, -0.1) is 11.6 Å². The molecular weight excluding hydrogens is 255 g/mol. The molecule has 1 fully saturated rings. The molecule has 0 spiro atoms. The van der Waals surface area contributed by atoms with Crippen molar-refractivity contribution in [2.45, 2.75) is 43.4 Å². The van der Waals surface area contributed by atoms with E-state index in [9.17, 15) is 0 Å². The summed E-state index contributed by atoms with van der Waals surface area (Å²) in [6.45, 7) is 0. The van der Waals surface area contributed by atoms with Crippen LogP contribution in [0, 0.1) is 0 Å². The van der Waals surface area contributed by atoms with Crippen LogP contribution in [0.4, 0.5) is 0 Å². The molecule has 1 aromatic carbocycles. The molecular formula is C14H18Cl2O. The van der Waals surface area contributed by atoms with E-state index in [1.54, 1.807) is 7.11 Å². The molecule has 0 saturated heterocycles. The second-order valence-corrected chi connectivity index (χ2v) is 5.75. The van der Waals surface area contributed by atoms with Gasteiger partial charge in [0, 0.05) is 10.4 Å². The Balaban J connectivity index is 2.27. The van der Waals surface area contributed by atoms with Gasteiger partial charge in [-0.25, -0.2) is 0 Å². The highest BCUT2D eigenvalue weighted by molar-refractivity contribution is 6.30. The standard InChI is InChI=1S/C14H18Cl2O/c1-17-14-7-6-12(16)9-13(14)10-4-2-3-5-11(15)8-10/h6-7,9-11H,2-5,8H2,1H3. The van der Waals surface area contributed by atoms with E-state index in [2.05, 4.69) is 0 Å². The maximum absolute atomic E-state index is 6.33. The maximum Gasteiger partial charge on any atom is 0.122 e. The van der Waals surface area contributed by atoms with Crippen LogP contribution in [0.5, 0.6) is 5.75 Å². The van der Waals surface area contributed by atoms with Gasteiger partial charge >= 0.3 is 0 Å². The van der Waals surface area contributed by atoms with E-state index in [0.717, 1.165) is 23.6 Å². The lowest BCUT2D eigenvalue weighted by Crippen LogP contribution is -2.06. The predicted octanol–water partition coefficient (Wildman–Crippen LogP) is 5.00. The van der Waals surface area contributed by atoms with E-state index in [-0.39, 0.29) is 5.38 Å². The number of hydrogen-bond donors (Lipinski definition) is 0. The van der Waals surface area contributed by atoms with Crippen LogP contribution >= 0.6 is 23.2 Å². The number of benzene rings is 1. The van der Waals surface area contributed by atoms with Gasteiger partial charge in [0.05, 0.1) is 7.11 Å². The largest absolute Gasteiger partial charge is 0.496 e.